The first kappa shape index (κ1) is 18.1. The number of halogens is 2. The number of rotatable bonds is 5. The fourth-order valence-corrected chi connectivity index (χ4v) is 3.63. The van der Waals surface area contributed by atoms with Crippen LogP contribution < -0.4 is 14.8 Å². The van der Waals surface area contributed by atoms with Crippen LogP contribution in [0.15, 0.2) is 40.9 Å². The van der Waals surface area contributed by atoms with Crippen LogP contribution in [-0.4, -0.2) is 19.1 Å². The average Bonchev–Trinajstić information content (AvgIpc) is 2.59. The second-order valence-electron chi connectivity index (χ2n) is 5.94. The van der Waals surface area contributed by atoms with Crippen LogP contribution in [0.5, 0.6) is 11.5 Å². The summed E-state index contributed by atoms with van der Waals surface area (Å²) in [6.07, 6.45) is 1.06. The molecule has 6 heteroatoms. The molecule has 1 aliphatic heterocycles. The van der Waals surface area contributed by atoms with Gasteiger partial charge >= 0.3 is 0 Å². The van der Waals surface area contributed by atoms with Crippen LogP contribution in [0.2, 0.25) is 5.02 Å². The van der Waals surface area contributed by atoms with E-state index in [4.69, 9.17) is 21.1 Å². The van der Waals surface area contributed by atoms with Gasteiger partial charge in [0, 0.05) is 15.9 Å². The van der Waals surface area contributed by atoms with Crippen LogP contribution in [0.3, 0.4) is 0 Å². The Morgan fingerprint density at radius 1 is 1.24 bits per heavy atom. The SMILES string of the molecule is CC(NC(=O)CCc1cccc(Cl)c1)c1cc2c(cc1Br)OCCO2. The van der Waals surface area contributed by atoms with Gasteiger partial charge in [-0.15, -0.1) is 0 Å². The fraction of sp³-hybridized carbons (Fsp3) is 0.316. The molecule has 25 heavy (non-hydrogen) atoms. The van der Waals surface area contributed by atoms with Crippen LogP contribution in [-0.2, 0) is 11.2 Å². The number of hydrogen-bond acceptors (Lipinski definition) is 3. The van der Waals surface area contributed by atoms with E-state index in [-0.39, 0.29) is 11.9 Å². The van der Waals surface area contributed by atoms with Crippen LogP contribution in [0.1, 0.15) is 30.5 Å². The predicted octanol–water partition coefficient (Wildman–Crippen LogP) is 4.68. The smallest absolute Gasteiger partial charge is 0.220 e. The van der Waals surface area contributed by atoms with Crippen molar-refractivity contribution in [3.05, 3.63) is 57.0 Å². The molecule has 0 saturated carbocycles. The number of aryl methyl sites for hydroxylation is 1. The molecule has 0 aromatic heterocycles. The highest BCUT2D eigenvalue weighted by Gasteiger charge is 2.19. The zero-order valence-corrected chi connectivity index (χ0v) is 16.2. The maximum absolute atomic E-state index is 12.3. The summed E-state index contributed by atoms with van der Waals surface area (Å²) < 4.78 is 12.1. The molecule has 1 aliphatic rings. The Labute approximate surface area is 160 Å². The van der Waals surface area contributed by atoms with E-state index in [0.717, 1.165) is 21.3 Å². The first-order valence-corrected chi connectivity index (χ1v) is 9.33. The molecular formula is C19H19BrClNO3. The van der Waals surface area contributed by atoms with Crippen molar-refractivity contribution >= 4 is 33.4 Å². The van der Waals surface area contributed by atoms with E-state index < -0.39 is 0 Å². The van der Waals surface area contributed by atoms with Crippen LogP contribution in [0.4, 0.5) is 0 Å². The molecule has 2 aromatic rings. The minimum absolute atomic E-state index is 0.00531. The van der Waals surface area contributed by atoms with Crippen molar-refractivity contribution in [2.75, 3.05) is 13.2 Å². The zero-order valence-electron chi connectivity index (χ0n) is 13.9. The molecule has 132 valence electrons. The van der Waals surface area contributed by atoms with Gasteiger partial charge in [-0.1, -0.05) is 39.7 Å². The van der Waals surface area contributed by atoms with Gasteiger partial charge in [-0.05, 0) is 48.7 Å². The minimum Gasteiger partial charge on any atom is -0.486 e. The van der Waals surface area contributed by atoms with Crippen molar-refractivity contribution in [1.29, 1.82) is 0 Å². The summed E-state index contributed by atoms with van der Waals surface area (Å²) in [6, 6.07) is 11.2. The average molecular weight is 425 g/mol. The number of carbonyl (C=O) groups excluding carboxylic acids is 1. The van der Waals surface area contributed by atoms with Crippen molar-refractivity contribution < 1.29 is 14.3 Å². The Kier molecular flexibility index (Phi) is 5.86. The van der Waals surface area contributed by atoms with Crippen LogP contribution in [0, 0.1) is 0 Å². The monoisotopic (exact) mass is 423 g/mol. The number of amides is 1. The summed E-state index contributed by atoms with van der Waals surface area (Å²) in [4.78, 5) is 12.3. The summed E-state index contributed by atoms with van der Waals surface area (Å²) in [7, 11) is 0. The third kappa shape index (κ3) is 4.67. The van der Waals surface area contributed by atoms with Gasteiger partial charge in [0.25, 0.3) is 0 Å². The van der Waals surface area contributed by atoms with Crippen molar-refractivity contribution in [2.24, 2.45) is 0 Å². The maximum atomic E-state index is 12.3. The van der Waals surface area contributed by atoms with Crippen molar-refractivity contribution in [2.45, 2.75) is 25.8 Å². The van der Waals surface area contributed by atoms with E-state index in [2.05, 4.69) is 21.2 Å². The lowest BCUT2D eigenvalue weighted by Gasteiger charge is -2.22. The van der Waals surface area contributed by atoms with Gasteiger partial charge in [-0.2, -0.15) is 0 Å². The Balaban J connectivity index is 1.61. The largest absolute Gasteiger partial charge is 0.486 e. The van der Waals surface area contributed by atoms with Crippen molar-refractivity contribution in [3.8, 4) is 11.5 Å². The van der Waals surface area contributed by atoms with E-state index in [1.165, 1.54) is 0 Å². The molecule has 1 atom stereocenters. The Morgan fingerprint density at radius 3 is 2.68 bits per heavy atom. The summed E-state index contributed by atoms with van der Waals surface area (Å²) >= 11 is 9.52. The van der Waals surface area contributed by atoms with E-state index in [0.29, 0.717) is 36.8 Å². The van der Waals surface area contributed by atoms with Crippen molar-refractivity contribution in [1.82, 2.24) is 5.32 Å². The zero-order chi connectivity index (χ0) is 17.8. The molecule has 1 heterocycles. The summed E-state index contributed by atoms with van der Waals surface area (Å²) in [6.45, 7) is 3.04. The number of benzene rings is 2. The highest BCUT2D eigenvalue weighted by molar-refractivity contribution is 9.10. The lowest BCUT2D eigenvalue weighted by Crippen LogP contribution is -2.27. The van der Waals surface area contributed by atoms with E-state index in [1.54, 1.807) is 0 Å². The number of fused-ring (bicyclic) bond motifs is 1. The third-order valence-corrected chi connectivity index (χ3v) is 4.96. The normalized spacial score (nSPS) is 14.0. The highest BCUT2D eigenvalue weighted by Crippen LogP contribution is 2.37. The van der Waals surface area contributed by atoms with Crippen molar-refractivity contribution in [3.63, 3.8) is 0 Å². The van der Waals surface area contributed by atoms with Gasteiger partial charge in [0.2, 0.25) is 5.91 Å². The summed E-state index contributed by atoms with van der Waals surface area (Å²) in [5.41, 5.74) is 2.01. The number of hydrogen-bond donors (Lipinski definition) is 1. The van der Waals surface area contributed by atoms with Gasteiger partial charge in [0.15, 0.2) is 11.5 Å². The molecule has 2 aromatic carbocycles. The van der Waals surface area contributed by atoms with Gasteiger partial charge < -0.3 is 14.8 Å². The van der Waals surface area contributed by atoms with Gasteiger partial charge in [-0.3, -0.25) is 4.79 Å². The first-order valence-electron chi connectivity index (χ1n) is 8.16. The molecular weight excluding hydrogens is 406 g/mol. The van der Waals surface area contributed by atoms with E-state index >= 15 is 0 Å². The molecule has 1 unspecified atom stereocenters. The van der Waals surface area contributed by atoms with Gasteiger partial charge in [-0.25, -0.2) is 0 Å². The standard InChI is InChI=1S/C19H19BrClNO3/c1-12(15-10-17-18(11-16(15)20)25-8-7-24-17)22-19(23)6-5-13-3-2-4-14(21)9-13/h2-4,9-12H,5-8H2,1H3,(H,22,23). The predicted molar refractivity (Wildman–Crippen MR) is 101 cm³/mol. The van der Waals surface area contributed by atoms with Gasteiger partial charge in [0.1, 0.15) is 13.2 Å². The lowest BCUT2D eigenvalue weighted by atomic mass is 10.1. The molecule has 0 bridgehead atoms. The van der Waals surface area contributed by atoms with Gasteiger partial charge in [0.05, 0.1) is 6.04 Å². The topological polar surface area (TPSA) is 47.6 Å². The summed E-state index contributed by atoms with van der Waals surface area (Å²) in [5.74, 6) is 1.43. The van der Waals surface area contributed by atoms with Crippen LogP contribution in [0.25, 0.3) is 0 Å². The number of ether oxygens (including phenoxy) is 2. The minimum atomic E-state index is -0.142. The molecule has 1 amide bonds. The molecule has 1 N–H and O–H groups in total. The molecule has 0 aliphatic carbocycles. The molecule has 0 saturated heterocycles. The summed E-state index contributed by atoms with van der Waals surface area (Å²) in [5, 5.41) is 3.72. The van der Waals surface area contributed by atoms with E-state index in [9.17, 15) is 4.79 Å². The Hall–Kier alpha value is -1.72. The molecule has 0 radical (unpaired) electrons. The quantitative estimate of drug-likeness (QED) is 0.758. The highest BCUT2D eigenvalue weighted by atomic mass is 79.9. The molecule has 0 spiro atoms. The first-order chi connectivity index (χ1) is 12.0. The third-order valence-electron chi connectivity index (χ3n) is 4.04. The Bertz CT molecular complexity index is 781. The second kappa shape index (κ2) is 8.11. The van der Waals surface area contributed by atoms with E-state index in [1.807, 2.05) is 43.3 Å². The molecule has 4 nitrogen and oxygen atoms in total. The second-order valence-corrected chi connectivity index (χ2v) is 7.23. The maximum Gasteiger partial charge on any atom is 0.220 e. The Morgan fingerprint density at radius 2 is 1.96 bits per heavy atom. The molecule has 0 fully saturated rings. The number of carbonyl (C=O) groups is 1. The number of nitrogens with one attached hydrogen (secondary N) is 1. The molecule has 3 rings (SSSR count). The van der Waals surface area contributed by atoms with Crippen LogP contribution >= 0.6 is 27.5 Å². The lowest BCUT2D eigenvalue weighted by molar-refractivity contribution is -0.121. The fourth-order valence-electron chi connectivity index (χ4n) is 2.75.